The summed E-state index contributed by atoms with van der Waals surface area (Å²) in [6, 6.07) is 2.24. The summed E-state index contributed by atoms with van der Waals surface area (Å²) < 4.78 is 24.2. The van der Waals surface area contributed by atoms with Gasteiger partial charge in [0, 0.05) is 15.8 Å². The molecule has 0 amide bonds. The van der Waals surface area contributed by atoms with Gasteiger partial charge in [-0.15, -0.1) is 11.3 Å². The number of fused-ring (bicyclic) bond motifs is 1. The first-order valence-electron chi connectivity index (χ1n) is 5.80. The molecule has 0 fully saturated rings. The van der Waals surface area contributed by atoms with Crippen LogP contribution in [0, 0.1) is 0 Å². The predicted molar refractivity (Wildman–Crippen MR) is 63.4 cm³/mol. The zero-order chi connectivity index (χ0) is 11.5. The molecule has 0 aromatic carbocycles. The molecule has 1 nitrogen and oxygen atoms in total. The fourth-order valence-corrected chi connectivity index (χ4v) is 3.38. The van der Waals surface area contributed by atoms with E-state index in [2.05, 4.69) is 11.4 Å². The molecule has 0 saturated heterocycles. The molecule has 1 N–H and O–H groups in total. The van der Waals surface area contributed by atoms with Gasteiger partial charge in [-0.05, 0) is 44.2 Å². The van der Waals surface area contributed by atoms with Crippen LogP contribution in [-0.4, -0.2) is 13.0 Å². The number of rotatable bonds is 4. The van der Waals surface area contributed by atoms with E-state index in [0.717, 1.165) is 6.42 Å². The van der Waals surface area contributed by atoms with Crippen LogP contribution in [0.25, 0.3) is 0 Å². The Morgan fingerprint density at radius 1 is 1.38 bits per heavy atom. The molecule has 16 heavy (non-hydrogen) atoms. The van der Waals surface area contributed by atoms with Crippen molar-refractivity contribution in [1.82, 2.24) is 5.32 Å². The summed E-state index contributed by atoms with van der Waals surface area (Å²) in [7, 11) is 0. The monoisotopic (exact) mass is 245 g/mol. The largest absolute Gasteiger partial charge is 0.304 e. The van der Waals surface area contributed by atoms with E-state index in [4.69, 9.17) is 0 Å². The quantitative estimate of drug-likeness (QED) is 0.855. The number of halogens is 2. The van der Waals surface area contributed by atoms with Gasteiger partial charge < -0.3 is 5.32 Å². The summed E-state index contributed by atoms with van der Waals surface area (Å²) in [5.74, 6) is 0. The van der Waals surface area contributed by atoms with E-state index in [1.165, 1.54) is 34.6 Å². The van der Waals surface area contributed by atoms with Gasteiger partial charge in [0.1, 0.15) is 0 Å². The van der Waals surface area contributed by atoms with Crippen LogP contribution in [0.2, 0.25) is 0 Å². The zero-order valence-corrected chi connectivity index (χ0v) is 10.2. The lowest BCUT2D eigenvalue weighted by Gasteiger charge is -2.10. The van der Waals surface area contributed by atoms with E-state index in [-0.39, 0.29) is 12.6 Å². The Kier molecular flexibility index (Phi) is 3.92. The van der Waals surface area contributed by atoms with Gasteiger partial charge in [0.15, 0.2) is 0 Å². The maximum absolute atomic E-state index is 12.1. The van der Waals surface area contributed by atoms with Gasteiger partial charge in [0.25, 0.3) is 6.43 Å². The third-order valence-corrected chi connectivity index (χ3v) is 4.44. The van der Waals surface area contributed by atoms with Crippen LogP contribution >= 0.6 is 11.3 Å². The Hall–Kier alpha value is -0.480. The third-order valence-electron chi connectivity index (χ3n) is 3.02. The Balaban J connectivity index is 2.00. The second-order valence-electron chi connectivity index (χ2n) is 4.33. The minimum absolute atomic E-state index is 0.0459. The second kappa shape index (κ2) is 5.23. The highest BCUT2D eigenvalue weighted by Crippen LogP contribution is 2.32. The smallest absolute Gasteiger partial charge is 0.250 e. The van der Waals surface area contributed by atoms with Crippen LogP contribution < -0.4 is 5.32 Å². The summed E-state index contributed by atoms with van der Waals surface area (Å²) in [6.07, 6.45) is 2.60. The average molecular weight is 245 g/mol. The third kappa shape index (κ3) is 2.80. The summed E-state index contributed by atoms with van der Waals surface area (Å²) >= 11 is 1.79. The van der Waals surface area contributed by atoms with Gasteiger partial charge in [-0.1, -0.05) is 0 Å². The minimum atomic E-state index is -2.27. The van der Waals surface area contributed by atoms with Gasteiger partial charge in [0.05, 0.1) is 6.54 Å². The van der Waals surface area contributed by atoms with Crippen molar-refractivity contribution in [3.05, 3.63) is 21.4 Å². The number of nitrogens with one attached hydrogen (secondary N) is 1. The number of hydrogen-bond donors (Lipinski definition) is 1. The molecule has 0 aliphatic heterocycles. The predicted octanol–water partition coefficient (Wildman–Crippen LogP) is 3.54. The van der Waals surface area contributed by atoms with Crippen LogP contribution in [0.5, 0.6) is 0 Å². The first-order valence-corrected chi connectivity index (χ1v) is 6.61. The fraction of sp³-hybridized carbons (Fsp3) is 0.667. The molecule has 90 valence electrons. The molecule has 1 aromatic heterocycles. The van der Waals surface area contributed by atoms with Gasteiger partial charge in [-0.2, -0.15) is 0 Å². The van der Waals surface area contributed by atoms with E-state index in [1.807, 2.05) is 6.92 Å². The number of hydrogen-bond acceptors (Lipinski definition) is 2. The van der Waals surface area contributed by atoms with E-state index >= 15 is 0 Å². The van der Waals surface area contributed by atoms with Crippen molar-refractivity contribution in [3.8, 4) is 0 Å². The lowest BCUT2D eigenvalue weighted by Crippen LogP contribution is -2.23. The standard InChI is InChI=1S/C12H17F2NS/c1-8(15-7-12(13)14)11-6-9-4-2-3-5-10(9)16-11/h6,8,12,15H,2-5,7H2,1H3. The molecule has 1 aliphatic carbocycles. The maximum atomic E-state index is 12.1. The van der Waals surface area contributed by atoms with Crippen LogP contribution in [-0.2, 0) is 12.8 Å². The lowest BCUT2D eigenvalue weighted by atomic mass is 9.99. The van der Waals surface area contributed by atoms with Crippen molar-refractivity contribution in [3.63, 3.8) is 0 Å². The zero-order valence-electron chi connectivity index (χ0n) is 9.43. The molecule has 1 aliphatic rings. The Morgan fingerprint density at radius 2 is 2.12 bits per heavy atom. The molecule has 0 spiro atoms. The SMILES string of the molecule is CC(NCC(F)F)c1cc2c(s1)CCCC2. The summed E-state index contributed by atoms with van der Waals surface area (Å²) in [6.45, 7) is 1.74. The number of thiophene rings is 1. The van der Waals surface area contributed by atoms with E-state index in [0.29, 0.717) is 0 Å². The van der Waals surface area contributed by atoms with Crippen LogP contribution in [0.15, 0.2) is 6.07 Å². The Bertz CT molecular complexity index is 325. The Labute approximate surface area is 98.9 Å². The fourth-order valence-electron chi connectivity index (χ4n) is 2.09. The molecule has 0 radical (unpaired) electrons. The topological polar surface area (TPSA) is 12.0 Å². The molecule has 2 rings (SSSR count). The molecular formula is C12H17F2NS. The van der Waals surface area contributed by atoms with Crippen molar-refractivity contribution in [1.29, 1.82) is 0 Å². The first kappa shape index (κ1) is 12.0. The first-order chi connectivity index (χ1) is 7.66. The van der Waals surface area contributed by atoms with Crippen molar-refractivity contribution in [2.75, 3.05) is 6.54 Å². The molecule has 1 unspecified atom stereocenters. The molecule has 1 aromatic rings. The Morgan fingerprint density at radius 3 is 2.81 bits per heavy atom. The highest BCUT2D eigenvalue weighted by atomic mass is 32.1. The number of aryl methyl sites for hydroxylation is 2. The second-order valence-corrected chi connectivity index (χ2v) is 5.49. The summed E-state index contributed by atoms with van der Waals surface area (Å²) in [4.78, 5) is 2.67. The molecule has 4 heteroatoms. The molecule has 0 bridgehead atoms. The highest BCUT2D eigenvalue weighted by molar-refractivity contribution is 7.12. The van der Waals surface area contributed by atoms with E-state index in [1.54, 1.807) is 11.3 Å². The molecule has 0 saturated carbocycles. The average Bonchev–Trinajstić information content (AvgIpc) is 2.69. The molecular weight excluding hydrogens is 228 g/mol. The molecule has 1 atom stereocenters. The van der Waals surface area contributed by atoms with Crippen LogP contribution in [0.3, 0.4) is 0 Å². The van der Waals surface area contributed by atoms with E-state index < -0.39 is 6.43 Å². The van der Waals surface area contributed by atoms with Crippen molar-refractivity contribution >= 4 is 11.3 Å². The van der Waals surface area contributed by atoms with Crippen LogP contribution in [0.4, 0.5) is 8.78 Å². The van der Waals surface area contributed by atoms with Crippen molar-refractivity contribution in [2.24, 2.45) is 0 Å². The number of alkyl halides is 2. The van der Waals surface area contributed by atoms with Gasteiger partial charge >= 0.3 is 0 Å². The van der Waals surface area contributed by atoms with Crippen molar-refractivity contribution in [2.45, 2.75) is 45.1 Å². The van der Waals surface area contributed by atoms with Gasteiger partial charge in [-0.3, -0.25) is 0 Å². The summed E-state index contributed by atoms with van der Waals surface area (Å²) in [5, 5.41) is 2.87. The molecule has 1 heterocycles. The normalized spacial score (nSPS) is 17.5. The maximum Gasteiger partial charge on any atom is 0.250 e. The summed E-state index contributed by atoms with van der Waals surface area (Å²) in [5.41, 5.74) is 1.44. The van der Waals surface area contributed by atoms with E-state index in [9.17, 15) is 8.78 Å². The minimum Gasteiger partial charge on any atom is -0.304 e. The highest BCUT2D eigenvalue weighted by Gasteiger charge is 2.16. The van der Waals surface area contributed by atoms with Gasteiger partial charge in [0.2, 0.25) is 0 Å². The van der Waals surface area contributed by atoms with Crippen LogP contribution in [0.1, 0.15) is 41.1 Å². The van der Waals surface area contributed by atoms with Crippen molar-refractivity contribution < 1.29 is 8.78 Å². The van der Waals surface area contributed by atoms with Gasteiger partial charge in [-0.25, -0.2) is 8.78 Å². The lowest BCUT2D eigenvalue weighted by molar-refractivity contribution is 0.142.